The quantitative estimate of drug-likeness (QED) is 0.833. The highest BCUT2D eigenvalue weighted by Gasteiger charge is 2.10. The largest absolute Gasteiger partial charge is 0.355 e. The first kappa shape index (κ1) is 19.0. The summed E-state index contributed by atoms with van der Waals surface area (Å²) in [6.45, 7) is 2.78. The van der Waals surface area contributed by atoms with Crippen LogP contribution in [0.3, 0.4) is 0 Å². The van der Waals surface area contributed by atoms with Gasteiger partial charge in [-0.3, -0.25) is 14.5 Å². The monoisotopic (exact) mass is 359 g/mol. The van der Waals surface area contributed by atoms with Gasteiger partial charge in [0.05, 0.1) is 6.54 Å². The highest BCUT2D eigenvalue weighted by atomic mass is 35.5. The molecule has 0 bridgehead atoms. The fourth-order valence-corrected chi connectivity index (χ4v) is 2.70. The number of nitrogens with zero attached hydrogens (tertiary/aromatic N) is 1. The van der Waals surface area contributed by atoms with E-state index in [0.717, 1.165) is 16.8 Å². The average Bonchev–Trinajstić information content (AvgIpc) is 2.57. The van der Waals surface area contributed by atoms with Crippen LogP contribution >= 0.6 is 11.6 Å². The first-order valence-electron chi connectivity index (χ1n) is 7.94. The zero-order chi connectivity index (χ0) is 18.4. The van der Waals surface area contributed by atoms with Crippen molar-refractivity contribution in [2.24, 2.45) is 0 Å². The third-order valence-corrected chi connectivity index (χ3v) is 4.01. The Kier molecular flexibility index (Phi) is 6.56. The predicted octanol–water partition coefficient (Wildman–Crippen LogP) is 3.08. The summed E-state index contributed by atoms with van der Waals surface area (Å²) in [7, 11) is 3.48. The van der Waals surface area contributed by atoms with Crippen LogP contribution in [0.5, 0.6) is 0 Å². The number of carbonyl (C=O) groups excluding carboxylic acids is 2. The molecule has 0 radical (unpaired) electrons. The molecular formula is C19H22ClN3O2. The maximum absolute atomic E-state index is 12.2. The fraction of sp³-hybridized carbons (Fsp3) is 0.263. The zero-order valence-electron chi connectivity index (χ0n) is 14.6. The summed E-state index contributed by atoms with van der Waals surface area (Å²) < 4.78 is 0. The summed E-state index contributed by atoms with van der Waals surface area (Å²) in [5.74, 6) is -0.201. The van der Waals surface area contributed by atoms with Crippen molar-refractivity contribution in [1.29, 1.82) is 0 Å². The molecule has 2 aromatic carbocycles. The lowest BCUT2D eigenvalue weighted by atomic mass is 10.1. The number of aryl methyl sites for hydroxylation is 1. The average molecular weight is 360 g/mol. The molecule has 0 aliphatic carbocycles. The Morgan fingerprint density at radius 3 is 2.40 bits per heavy atom. The highest BCUT2D eigenvalue weighted by molar-refractivity contribution is 6.30. The van der Waals surface area contributed by atoms with E-state index in [0.29, 0.717) is 17.1 Å². The van der Waals surface area contributed by atoms with Gasteiger partial charge >= 0.3 is 0 Å². The van der Waals surface area contributed by atoms with Gasteiger partial charge in [0.25, 0.3) is 5.91 Å². The Balaban J connectivity index is 1.89. The second-order valence-corrected chi connectivity index (χ2v) is 6.39. The van der Waals surface area contributed by atoms with Crippen molar-refractivity contribution in [1.82, 2.24) is 10.2 Å². The molecule has 0 saturated carbocycles. The summed E-state index contributed by atoms with van der Waals surface area (Å²) in [5, 5.41) is 6.13. The van der Waals surface area contributed by atoms with Crippen LogP contribution in [0.1, 0.15) is 21.5 Å². The zero-order valence-corrected chi connectivity index (χ0v) is 15.4. The van der Waals surface area contributed by atoms with Gasteiger partial charge < -0.3 is 10.6 Å². The van der Waals surface area contributed by atoms with E-state index in [1.165, 1.54) is 0 Å². The SMILES string of the molecule is CNC(=O)c1ccc(CN(C)CC(=O)Nc2ccc(Cl)cc2C)cc1. The van der Waals surface area contributed by atoms with Gasteiger partial charge in [-0.05, 0) is 55.4 Å². The first-order valence-corrected chi connectivity index (χ1v) is 8.32. The molecule has 2 aromatic rings. The molecule has 0 unspecified atom stereocenters. The van der Waals surface area contributed by atoms with E-state index in [9.17, 15) is 9.59 Å². The van der Waals surface area contributed by atoms with Gasteiger partial charge in [-0.25, -0.2) is 0 Å². The van der Waals surface area contributed by atoms with Gasteiger partial charge in [0.1, 0.15) is 0 Å². The Bertz CT molecular complexity index is 760. The summed E-state index contributed by atoms with van der Waals surface area (Å²) in [6.07, 6.45) is 0. The number of rotatable bonds is 6. The number of hydrogen-bond donors (Lipinski definition) is 2. The summed E-state index contributed by atoms with van der Waals surface area (Å²) in [4.78, 5) is 25.6. The van der Waals surface area contributed by atoms with Gasteiger partial charge in [-0.1, -0.05) is 23.7 Å². The van der Waals surface area contributed by atoms with E-state index in [-0.39, 0.29) is 18.4 Å². The maximum atomic E-state index is 12.2. The Labute approximate surface area is 153 Å². The molecule has 2 amide bonds. The minimum atomic E-state index is -0.113. The van der Waals surface area contributed by atoms with Crippen LogP contribution in [0.15, 0.2) is 42.5 Å². The lowest BCUT2D eigenvalue weighted by Crippen LogP contribution is -2.30. The number of amides is 2. The van der Waals surface area contributed by atoms with Crippen molar-refractivity contribution in [3.05, 3.63) is 64.2 Å². The van der Waals surface area contributed by atoms with E-state index < -0.39 is 0 Å². The second-order valence-electron chi connectivity index (χ2n) is 5.96. The fourth-order valence-electron chi connectivity index (χ4n) is 2.48. The third kappa shape index (κ3) is 5.59. The number of carbonyl (C=O) groups is 2. The molecule has 0 aliphatic heterocycles. The van der Waals surface area contributed by atoms with Crippen molar-refractivity contribution in [3.63, 3.8) is 0 Å². The van der Waals surface area contributed by atoms with E-state index in [2.05, 4.69) is 10.6 Å². The van der Waals surface area contributed by atoms with Crippen molar-refractivity contribution in [3.8, 4) is 0 Å². The van der Waals surface area contributed by atoms with Crippen LogP contribution in [0, 0.1) is 6.92 Å². The standard InChI is InChI=1S/C19H22ClN3O2/c1-13-10-16(20)8-9-17(13)22-18(24)12-23(3)11-14-4-6-15(7-5-14)19(25)21-2/h4-10H,11-12H2,1-3H3,(H,21,25)(H,22,24). The topological polar surface area (TPSA) is 61.4 Å². The minimum absolute atomic E-state index is 0.0881. The number of likely N-dealkylation sites (N-methyl/N-ethyl adjacent to an activating group) is 1. The van der Waals surface area contributed by atoms with Crippen LogP contribution in [0.2, 0.25) is 5.02 Å². The second kappa shape index (κ2) is 8.65. The van der Waals surface area contributed by atoms with E-state index in [1.807, 2.05) is 37.1 Å². The number of benzene rings is 2. The molecule has 6 heteroatoms. The van der Waals surface area contributed by atoms with Crippen LogP contribution in [0.25, 0.3) is 0 Å². The lowest BCUT2D eigenvalue weighted by molar-refractivity contribution is -0.117. The molecular weight excluding hydrogens is 338 g/mol. The van der Waals surface area contributed by atoms with Gasteiger partial charge in [0, 0.05) is 29.9 Å². The third-order valence-electron chi connectivity index (χ3n) is 3.77. The van der Waals surface area contributed by atoms with Crippen LogP contribution in [-0.2, 0) is 11.3 Å². The van der Waals surface area contributed by atoms with Crippen molar-refractivity contribution >= 4 is 29.1 Å². The van der Waals surface area contributed by atoms with Crippen molar-refractivity contribution in [2.75, 3.05) is 26.0 Å². The molecule has 0 spiro atoms. The van der Waals surface area contributed by atoms with Crippen LogP contribution < -0.4 is 10.6 Å². The van der Waals surface area contributed by atoms with Gasteiger partial charge in [-0.2, -0.15) is 0 Å². The Morgan fingerprint density at radius 1 is 1.12 bits per heavy atom. The normalized spacial score (nSPS) is 10.6. The molecule has 0 heterocycles. The molecule has 2 N–H and O–H groups in total. The molecule has 5 nitrogen and oxygen atoms in total. The molecule has 0 atom stereocenters. The lowest BCUT2D eigenvalue weighted by Gasteiger charge is -2.17. The molecule has 0 saturated heterocycles. The molecule has 0 aromatic heterocycles. The van der Waals surface area contributed by atoms with Crippen LogP contribution in [-0.4, -0.2) is 37.4 Å². The summed E-state index contributed by atoms with van der Waals surface area (Å²) >= 11 is 5.92. The molecule has 0 fully saturated rings. The maximum Gasteiger partial charge on any atom is 0.251 e. The van der Waals surface area contributed by atoms with Gasteiger partial charge in [0.15, 0.2) is 0 Å². The van der Waals surface area contributed by atoms with E-state index in [1.54, 1.807) is 31.3 Å². The first-order chi connectivity index (χ1) is 11.9. The van der Waals surface area contributed by atoms with Crippen molar-refractivity contribution < 1.29 is 9.59 Å². The number of anilines is 1. The number of nitrogens with one attached hydrogen (secondary N) is 2. The van der Waals surface area contributed by atoms with Crippen LogP contribution in [0.4, 0.5) is 5.69 Å². The predicted molar refractivity (Wildman–Crippen MR) is 101 cm³/mol. The number of hydrogen-bond acceptors (Lipinski definition) is 3. The summed E-state index contributed by atoms with van der Waals surface area (Å²) in [5.41, 5.74) is 3.33. The van der Waals surface area contributed by atoms with Crippen molar-refractivity contribution in [2.45, 2.75) is 13.5 Å². The smallest absolute Gasteiger partial charge is 0.251 e. The minimum Gasteiger partial charge on any atom is -0.355 e. The molecule has 0 aliphatic rings. The molecule has 25 heavy (non-hydrogen) atoms. The van der Waals surface area contributed by atoms with Gasteiger partial charge in [-0.15, -0.1) is 0 Å². The molecule has 2 rings (SSSR count). The Hall–Kier alpha value is -2.37. The Morgan fingerprint density at radius 2 is 1.80 bits per heavy atom. The van der Waals surface area contributed by atoms with E-state index in [4.69, 9.17) is 11.6 Å². The number of halogens is 1. The van der Waals surface area contributed by atoms with E-state index >= 15 is 0 Å². The summed E-state index contributed by atoms with van der Waals surface area (Å²) in [6, 6.07) is 12.7. The highest BCUT2D eigenvalue weighted by Crippen LogP contribution is 2.19. The van der Waals surface area contributed by atoms with Gasteiger partial charge in [0.2, 0.25) is 5.91 Å². The molecule has 132 valence electrons.